The van der Waals surface area contributed by atoms with Crippen LogP contribution >= 0.6 is 11.3 Å². The highest BCUT2D eigenvalue weighted by molar-refractivity contribution is 7.09. The molecule has 1 aliphatic heterocycles. The van der Waals surface area contributed by atoms with Crippen LogP contribution in [0.4, 0.5) is 0 Å². The summed E-state index contributed by atoms with van der Waals surface area (Å²) in [6.07, 6.45) is 4.42. The van der Waals surface area contributed by atoms with Gasteiger partial charge in [0.05, 0.1) is 10.7 Å². The number of aromatic nitrogens is 3. The van der Waals surface area contributed by atoms with Crippen LogP contribution in [0.1, 0.15) is 53.8 Å². The van der Waals surface area contributed by atoms with Crippen molar-refractivity contribution in [2.75, 3.05) is 19.6 Å². The van der Waals surface area contributed by atoms with Crippen molar-refractivity contribution in [3.63, 3.8) is 0 Å². The Balaban J connectivity index is 1.57. The minimum absolute atomic E-state index is 0.00109. The number of thiazole rings is 1. The molecule has 146 valence electrons. The van der Waals surface area contributed by atoms with Crippen LogP contribution in [0.2, 0.25) is 0 Å². The van der Waals surface area contributed by atoms with Gasteiger partial charge in [-0.25, -0.2) is 4.98 Å². The SMILES string of the molecule is CC(C)C(=O)NCCc1csc(C2CCCN(C(=O)c3ccnn3C)C2)n1. The fraction of sp³-hybridized carbons (Fsp3) is 0.579. The molecule has 1 unspecified atom stereocenters. The molecule has 0 radical (unpaired) electrons. The second-order valence-electron chi connectivity index (χ2n) is 7.30. The van der Waals surface area contributed by atoms with Gasteiger partial charge < -0.3 is 10.2 Å². The number of aryl methyl sites for hydroxylation is 1. The van der Waals surface area contributed by atoms with Crippen molar-refractivity contribution in [1.29, 1.82) is 0 Å². The standard InChI is InChI=1S/C19H27N5O2S/c1-13(2)17(25)20-8-6-15-12-27-18(22-15)14-5-4-10-24(11-14)19(26)16-7-9-21-23(16)3/h7,9,12-14H,4-6,8,10-11H2,1-3H3,(H,20,25). The highest BCUT2D eigenvalue weighted by Crippen LogP contribution is 2.30. The van der Waals surface area contributed by atoms with Crippen molar-refractivity contribution in [2.45, 2.75) is 39.0 Å². The molecule has 2 aromatic heterocycles. The molecule has 2 amide bonds. The molecule has 1 N–H and O–H groups in total. The first-order chi connectivity index (χ1) is 13.0. The third kappa shape index (κ3) is 4.74. The first-order valence-electron chi connectivity index (χ1n) is 9.45. The molecule has 3 rings (SSSR count). The molecule has 3 heterocycles. The predicted octanol–water partition coefficient (Wildman–Crippen LogP) is 2.21. The van der Waals surface area contributed by atoms with E-state index in [1.54, 1.807) is 35.3 Å². The van der Waals surface area contributed by atoms with Crippen molar-refractivity contribution in [3.8, 4) is 0 Å². The molecule has 0 spiro atoms. The summed E-state index contributed by atoms with van der Waals surface area (Å²) < 4.78 is 1.62. The Labute approximate surface area is 163 Å². The van der Waals surface area contributed by atoms with Gasteiger partial charge in [-0.15, -0.1) is 11.3 Å². The molecule has 0 bridgehead atoms. The summed E-state index contributed by atoms with van der Waals surface area (Å²) in [6, 6.07) is 1.76. The minimum atomic E-state index is 0.00109. The zero-order chi connectivity index (χ0) is 19.4. The molecule has 0 aliphatic carbocycles. The Hall–Kier alpha value is -2.22. The average molecular weight is 390 g/mol. The molecule has 7 nitrogen and oxygen atoms in total. The van der Waals surface area contributed by atoms with Crippen LogP contribution in [0.3, 0.4) is 0 Å². The van der Waals surface area contributed by atoms with E-state index in [9.17, 15) is 9.59 Å². The van der Waals surface area contributed by atoms with Gasteiger partial charge in [0.15, 0.2) is 0 Å². The second-order valence-corrected chi connectivity index (χ2v) is 8.19. The van der Waals surface area contributed by atoms with Crippen LogP contribution in [0.15, 0.2) is 17.6 Å². The van der Waals surface area contributed by atoms with Crippen molar-refractivity contribution in [2.24, 2.45) is 13.0 Å². The quantitative estimate of drug-likeness (QED) is 0.821. The van der Waals surface area contributed by atoms with Crippen LogP contribution in [0.5, 0.6) is 0 Å². The third-order valence-corrected chi connectivity index (χ3v) is 5.93. The number of likely N-dealkylation sites (tertiary alicyclic amines) is 1. The number of amides is 2. The number of carbonyl (C=O) groups is 2. The summed E-state index contributed by atoms with van der Waals surface area (Å²) in [5.74, 6) is 0.385. The Morgan fingerprint density at radius 2 is 2.22 bits per heavy atom. The van der Waals surface area contributed by atoms with E-state index in [2.05, 4.69) is 15.8 Å². The topological polar surface area (TPSA) is 80.1 Å². The molecule has 2 aromatic rings. The Morgan fingerprint density at radius 3 is 2.93 bits per heavy atom. The smallest absolute Gasteiger partial charge is 0.272 e. The molecule has 0 saturated carbocycles. The van der Waals surface area contributed by atoms with Crippen LogP contribution in [-0.4, -0.2) is 51.1 Å². The van der Waals surface area contributed by atoms with Crippen LogP contribution in [0.25, 0.3) is 0 Å². The van der Waals surface area contributed by atoms with Crippen LogP contribution in [-0.2, 0) is 18.3 Å². The first kappa shape index (κ1) is 19.5. The van der Waals surface area contributed by atoms with Gasteiger partial charge in [0.2, 0.25) is 5.91 Å². The number of hydrogen-bond acceptors (Lipinski definition) is 5. The van der Waals surface area contributed by atoms with Gasteiger partial charge in [-0.1, -0.05) is 13.8 Å². The number of nitrogens with one attached hydrogen (secondary N) is 1. The van der Waals surface area contributed by atoms with Gasteiger partial charge in [-0.2, -0.15) is 5.10 Å². The molecular weight excluding hydrogens is 362 g/mol. The van der Waals surface area contributed by atoms with E-state index in [1.165, 1.54) is 0 Å². The molecule has 1 aliphatic rings. The summed E-state index contributed by atoms with van der Waals surface area (Å²) in [5, 5.41) is 10.2. The molecule has 1 fully saturated rings. The van der Waals surface area contributed by atoms with E-state index in [1.807, 2.05) is 18.7 Å². The molecule has 1 atom stereocenters. The summed E-state index contributed by atoms with van der Waals surface area (Å²) in [5.41, 5.74) is 1.63. The minimum Gasteiger partial charge on any atom is -0.355 e. The number of piperidine rings is 1. The summed E-state index contributed by atoms with van der Waals surface area (Å²) in [4.78, 5) is 31.0. The number of hydrogen-bond donors (Lipinski definition) is 1. The predicted molar refractivity (Wildman–Crippen MR) is 105 cm³/mol. The Morgan fingerprint density at radius 1 is 1.41 bits per heavy atom. The zero-order valence-electron chi connectivity index (χ0n) is 16.1. The lowest BCUT2D eigenvalue weighted by Crippen LogP contribution is -2.39. The fourth-order valence-corrected chi connectivity index (χ4v) is 4.23. The van der Waals surface area contributed by atoms with Gasteiger partial charge in [0.25, 0.3) is 5.91 Å². The molecule has 8 heteroatoms. The maximum absolute atomic E-state index is 12.7. The van der Waals surface area contributed by atoms with E-state index in [0.29, 0.717) is 18.8 Å². The lowest BCUT2D eigenvalue weighted by Gasteiger charge is -2.31. The van der Waals surface area contributed by atoms with Gasteiger partial charge >= 0.3 is 0 Å². The van der Waals surface area contributed by atoms with Crippen molar-refractivity contribution >= 4 is 23.2 Å². The van der Waals surface area contributed by atoms with Crippen molar-refractivity contribution in [1.82, 2.24) is 25.0 Å². The van der Waals surface area contributed by atoms with Crippen molar-refractivity contribution in [3.05, 3.63) is 34.0 Å². The van der Waals surface area contributed by atoms with Gasteiger partial charge in [-0.05, 0) is 18.9 Å². The number of rotatable bonds is 6. The summed E-state index contributed by atoms with van der Waals surface area (Å²) in [6.45, 7) is 5.85. The van der Waals surface area contributed by atoms with E-state index >= 15 is 0 Å². The maximum Gasteiger partial charge on any atom is 0.272 e. The fourth-order valence-electron chi connectivity index (χ4n) is 3.25. The highest BCUT2D eigenvalue weighted by atomic mass is 32.1. The molecule has 27 heavy (non-hydrogen) atoms. The van der Waals surface area contributed by atoms with E-state index in [4.69, 9.17) is 4.98 Å². The van der Waals surface area contributed by atoms with E-state index in [-0.39, 0.29) is 23.7 Å². The largest absolute Gasteiger partial charge is 0.355 e. The van der Waals surface area contributed by atoms with Gasteiger partial charge in [0, 0.05) is 56.5 Å². The van der Waals surface area contributed by atoms with Crippen LogP contribution < -0.4 is 5.32 Å². The molecule has 0 aromatic carbocycles. The van der Waals surface area contributed by atoms with Crippen LogP contribution in [0, 0.1) is 5.92 Å². The van der Waals surface area contributed by atoms with Crippen molar-refractivity contribution < 1.29 is 9.59 Å². The lowest BCUT2D eigenvalue weighted by atomic mass is 9.98. The number of nitrogens with zero attached hydrogens (tertiary/aromatic N) is 4. The maximum atomic E-state index is 12.7. The monoisotopic (exact) mass is 389 g/mol. The zero-order valence-corrected chi connectivity index (χ0v) is 17.0. The second kappa shape index (κ2) is 8.65. The Kier molecular flexibility index (Phi) is 6.26. The lowest BCUT2D eigenvalue weighted by molar-refractivity contribution is -0.123. The van der Waals surface area contributed by atoms with Gasteiger partial charge in [-0.3, -0.25) is 14.3 Å². The van der Waals surface area contributed by atoms with Gasteiger partial charge in [0.1, 0.15) is 5.69 Å². The first-order valence-corrected chi connectivity index (χ1v) is 10.3. The highest BCUT2D eigenvalue weighted by Gasteiger charge is 2.28. The average Bonchev–Trinajstić information content (AvgIpc) is 3.30. The number of carbonyl (C=O) groups excluding carboxylic acids is 2. The molecular formula is C19H27N5O2S. The summed E-state index contributed by atoms with van der Waals surface area (Å²) in [7, 11) is 1.79. The Bertz CT molecular complexity index is 798. The van der Waals surface area contributed by atoms with E-state index in [0.717, 1.165) is 36.5 Å². The summed E-state index contributed by atoms with van der Waals surface area (Å²) >= 11 is 1.66. The molecule has 1 saturated heterocycles. The normalized spacial score (nSPS) is 17.3. The third-order valence-electron chi connectivity index (χ3n) is 4.87. The van der Waals surface area contributed by atoms with E-state index < -0.39 is 0 Å².